The molecule has 0 spiro atoms. The van der Waals surface area contributed by atoms with E-state index in [0.29, 0.717) is 12.1 Å². The molecule has 3 nitrogen and oxygen atoms in total. The Morgan fingerprint density at radius 1 is 0.963 bits per heavy atom. The van der Waals surface area contributed by atoms with Crippen molar-refractivity contribution < 1.29 is 4.74 Å². The van der Waals surface area contributed by atoms with Crippen LogP contribution in [-0.4, -0.2) is 19.7 Å². The summed E-state index contributed by atoms with van der Waals surface area (Å²) in [6.07, 6.45) is 6.81. The molecule has 1 aliphatic carbocycles. The lowest BCUT2D eigenvalue weighted by Gasteiger charge is -2.39. The van der Waals surface area contributed by atoms with Gasteiger partial charge in [-0.05, 0) is 42.9 Å². The molecule has 2 fully saturated rings. The van der Waals surface area contributed by atoms with Crippen LogP contribution >= 0.6 is 0 Å². The van der Waals surface area contributed by atoms with E-state index in [-0.39, 0.29) is 0 Å². The zero-order chi connectivity index (χ0) is 18.5. The molecular weight excluding hydrogens is 332 g/mol. The third-order valence-electron chi connectivity index (χ3n) is 6.55. The molecule has 2 aliphatic rings. The van der Waals surface area contributed by atoms with Crippen LogP contribution in [0.15, 0.2) is 54.6 Å². The van der Waals surface area contributed by atoms with E-state index < -0.39 is 0 Å². The number of hydrogen-bond donors (Lipinski definition) is 2. The van der Waals surface area contributed by atoms with Crippen molar-refractivity contribution in [3.63, 3.8) is 0 Å². The average Bonchev–Trinajstić information content (AvgIpc) is 2.92. The molecule has 4 unspecified atom stereocenters. The van der Waals surface area contributed by atoms with Crippen LogP contribution in [0.4, 0.5) is 0 Å². The van der Waals surface area contributed by atoms with Gasteiger partial charge in [-0.3, -0.25) is 0 Å². The average molecular weight is 365 g/mol. The minimum atomic E-state index is 0.369. The molecule has 4 rings (SSSR count). The monoisotopic (exact) mass is 364 g/mol. The van der Waals surface area contributed by atoms with Gasteiger partial charge in [-0.1, -0.05) is 67.8 Å². The summed E-state index contributed by atoms with van der Waals surface area (Å²) in [5.41, 5.74) is 2.64. The van der Waals surface area contributed by atoms with Gasteiger partial charge in [0, 0.05) is 24.2 Å². The second-order valence-corrected chi connectivity index (χ2v) is 8.06. The van der Waals surface area contributed by atoms with Crippen LogP contribution in [0.1, 0.15) is 49.3 Å². The van der Waals surface area contributed by atoms with Gasteiger partial charge in [0.05, 0.1) is 7.11 Å². The van der Waals surface area contributed by atoms with Crippen molar-refractivity contribution >= 4 is 0 Å². The minimum absolute atomic E-state index is 0.369. The van der Waals surface area contributed by atoms with Gasteiger partial charge in [0.25, 0.3) is 0 Å². The van der Waals surface area contributed by atoms with Gasteiger partial charge in [-0.2, -0.15) is 0 Å². The van der Waals surface area contributed by atoms with Gasteiger partial charge in [-0.25, -0.2) is 0 Å². The van der Waals surface area contributed by atoms with E-state index in [4.69, 9.17) is 4.74 Å². The van der Waals surface area contributed by atoms with Crippen molar-refractivity contribution in [2.45, 2.75) is 50.7 Å². The fourth-order valence-electron chi connectivity index (χ4n) is 5.20. The molecule has 144 valence electrons. The Bertz CT molecular complexity index is 717. The van der Waals surface area contributed by atoms with Crippen molar-refractivity contribution in [3.8, 4) is 5.75 Å². The number of benzene rings is 2. The molecule has 1 aliphatic heterocycles. The first-order valence-electron chi connectivity index (χ1n) is 10.5. The molecule has 0 aromatic heterocycles. The lowest BCUT2D eigenvalue weighted by Crippen LogP contribution is -2.46. The molecule has 2 aromatic rings. The highest BCUT2D eigenvalue weighted by molar-refractivity contribution is 5.33. The summed E-state index contributed by atoms with van der Waals surface area (Å²) in [5, 5.41) is 7.83. The highest BCUT2D eigenvalue weighted by atomic mass is 16.5. The second kappa shape index (κ2) is 8.90. The molecule has 2 aromatic carbocycles. The van der Waals surface area contributed by atoms with E-state index in [1.54, 1.807) is 7.11 Å². The van der Waals surface area contributed by atoms with Gasteiger partial charge in [0.15, 0.2) is 0 Å². The summed E-state index contributed by atoms with van der Waals surface area (Å²) >= 11 is 0. The molecule has 1 heterocycles. The van der Waals surface area contributed by atoms with Gasteiger partial charge >= 0.3 is 0 Å². The summed E-state index contributed by atoms with van der Waals surface area (Å²) < 4.78 is 5.57. The smallest absolute Gasteiger partial charge is 0.123 e. The Balaban J connectivity index is 1.60. The Morgan fingerprint density at radius 2 is 1.74 bits per heavy atom. The summed E-state index contributed by atoms with van der Waals surface area (Å²) in [5.74, 6) is 2.56. The number of rotatable bonds is 5. The van der Waals surface area contributed by atoms with Crippen molar-refractivity contribution in [2.24, 2.45) is 11.8 Å². The highest BCUT2D eigenvalue weighted by Gasteiger charge is 2.38. The quantitative estimate of drug-likeness (QED) is 0.807. The Labute approximate surface area is 163 Å². The molecule has 1 saturated heterocycles. The minimum Gasteiger partial charge on any atom is -0.496 e. The van der Waals surface area contributed by atoms with Crippen molar-refractivity contribution in [3.05, 3.63) is 65.7 Å². The Hall–Kier alpha value is -1.84. The van der Waals surface area contributed by atoms with Gasteiger partial charge in [0.2, 0.25) is 0 Å². The van der Waals surface area contributed by atoms with E-state index in [1.807, 2.05) is 6.07 Å². The first-order valence-corrected chi connectivity index (χ1v) is 10.5. The summed E-state index contributed by atoms with van der Waals surface area (Å²) in [4.78, 5) is 0. The van der Waals surface area contributed by atoms with Crippen LogP contribution in [0.5, 0.6) is 5.75 Å². The van der Waals surface area contributed by atoms with Crippen LogP contribution in [0, 0.1) is 11.8 Å². The van der Waals surface area contributed by atoms with E-state index >= 15 is 0 Å². The standard InChI is InChI=1S/C24H32N2O/c1-27-22-14-8-6-12-20(22)17-26-24-21-13-7-5-9-18(21)15-16-25-23(24)19-10-3-2-4-11-19/h2-4,6,8,10-12,14,18,21,23-26H,5,7,9,13,15-17H2,1H3. The maximum Gasteiger partial charge on any atom is 0.123 e. The van der Waals surface area contributed by atoms with Crippen molar-refractivity contribution in [1.29, 1.82) is 0 Å². The lowest BCUT2D eigenvalue weighted by molar-refractivity contribution is 0.170. The summed E-state index contributed by atoms with van der Waals surface area (Å²) in [7, 11) is 1.76. The SMILES string of the molecule is COc1ccccc1CNC1C(c2ccccc2)NCCC2CCCCC21. The first kappa shape index (κ1) is 18.5. The molecule has 27 heavy (non-hydrogen) atoms. The number of fused-ring (bicyclic) bond motifs is 1. The predicted molar refractivity (Wildman–Crippen MR) is 111 cm³/mol. The largest absolute Gasteiger partial charge is 0.496 e. The Morgan fingerprint density at radius 3 is 2.59 bits per heavy atom. The second-order valence-electron chi connectivity index (χ2n) is 8.06. The number of nitrogens with one attached hydrogen (secondary N) is 2. The zero-order valence-corrected chi connectivity index (χ0v) is 16.4. The van der Waals surface area contributed by atoms with Crippen LogP contribution in [0.25, 0.3) is 0 Å². The number of ether oxygens (including phenoxy) is 1. The lowest BCUT2D eigenvalue weighted by atomic mass is 9.72. The first-order chi connectivity index (χ1) is 13.4. The zero-order valence-electron chi connectivity index (χ0n) is 16.4. The number of methoxy groups -OCH3 is 1. The molecular formula is C24H32N2O. The van der Waals surface area contributed by atoms with Crippen molar-refractivity contribution in [2.75, 3.05) is 13.7 Å². The molecule has 4 atom stereocenters. The van der Waals surface area contributed by atoms with Gasteiger partial charge in [0.1, 0.15) is 5.75 Å². The molecule has 0 amide bonds. The maximum atomic E-state index is 5.57. The fraction of sp³-hybridized carbons (Fsp3) is 0.500. The Kier molecular flexibility index (Phi) is 6.10. The van der Waals surface area contributed by atoms with Crippen LogP contribution in [0.2, 0.25) is 0 Å². The third kappa shape index (κ3) is 4.20. The van der Waals surface area contributed by atoms with Gasteiger partial charge in [-0.15, -0.1) is 0 Å². The van der Waals surface area contributed by atoms with Crippen LogP contribution in [0.3, 0.4) is 0 Å². The van der Waals surface area contributed by atoms with E-state index in [1.165, 1.54) is 43.2 Å². The number of para-hydroxylation sites is 1. The molecule has 0 bridgehead atoms. The summed E-state index contributed by atoms with van der Waals surface area (Å²) in [6.45, 7) is 1.97. The van der Waals surface area contributed by atoms with Crippen molar-refractivity contribution in [1.82, 2.24) is 10.6 Å². The van der Waals surface area contributed by atoms with E-state index in [9.17, 15) is 0 Å². The highest BCUT2D eigenvalue weighted by Crippen LogP contribution is 2.40. The molecule has 0 radical (unpaired) electrons. The summed E-state index contributed by atoms with van der Waals surface area (Å²) in [6, 6.07) is 20.2. The molecule has 3 heteroatoms. The maximum absolute atomic E-state index is 5.57. The number of hydrogen-bond acceptors (Lipinski definition) is 3. The fourth-order valence-corrected chi connectivity index (χ4v) is 5.20. The normalized spacial score (nSPS) is 28.2. The van der Waals surface area contributed by atoms with Crippen LogP contribution < -0.4 is 15.4 Å². The van der Waals surface area contributed by atoms with Crippen LogP contribution in [-0.2, 0) is 6.54 Å². The predicted octanol–water partition coefficient (Wildman–Crippen LogP) is 4.69. The van der Waals surface area contributed by atoms with E-state index in [2.05, 4.69) is 59.2 Å². The third-order valence-corrected chi connectivity index (χ3v) is 6.55. The molecule has 2 N–H and O–H groups in total. The van der Waals surface area contributed by atoms with E-state index in [0.717, 1.165) is 30.7 Å². The topological polar surface area (TPSA) is 33.3 Å². The van der Waals surface area contributed by atoms with Gasteiger partial charge < -0.3 is 15.4 Å². The molecule has 1 saturated carbocycles.